The Kier molecular flexibility index (Phi) is 5.72. The molecule has 1 aromatic rings. The third-order valence-electron chi connectivity index (χ3n) is 2.48. The standard InChI is InChI=1S/C10H12N2O2.2ClH/c1-14-10(13)8-5-3-6-2-4-7(11)9(6)12-8;;/h3,5,7H,2,4,11H2,1H3;2*1H. The molecule has 1 aliphatic rings. The first-order chi connectivity index (χ1) is 6.72. The highest BCUT2D eigenvalue weighted by atomic mass is 35.5. The molecule has 0 fully saturated rings. The number of aromatic nitrogens is 1. The van der Waals surface area contributed by atoms with E-state index in [2.05, 4.69) is 9.72 Å². The molecule has 0 radical (unpaired) electrons. The molecule has 0 bridgehead atoms. The first-order valence-electron chi connectivity index (χ1n) is 4.56. The first kappa shape index (κ1) is 15.2. The highest BCUT2D eigenvalue weighted by Gasteiger charge is 2.22. The number of aryl methyl sites for hydroxylation is 1. The number of rotatable bonds is 1. The predicted molar refractivity (Wildman–Crippen MR) is 65.3 cm³/mol. The van der Waals surface area contributed by atoms with E-state index in [1.807, 2.05) is 6.07 Å². The lowest BCUT2D eigenvalue weighted by atomic mass is 10.2. The van der Waals surface area contributed by atoms with Crippen LogP contribution in [0.25, 0.3) is 0 Å². The topological polar surface area (TPSA) is 65.2 Å². The zero-order valence-electron chi connectivity index (χ0n) is 8.80. The van der Waals surface area contributed by atoms with Crippen LogP contribution in [0.15, 0.2) is 12.1 Å². The zero-order valence-corrected chi connectivity index (χ0v) is 10.4. The molecule has 0 saturated heterocycles. The maximum Gasteiger partial charge on any atom is 0.356 e. The van der Waals surface area contributed by atoms with Gasteiger partial charge in [-0.25, -0.2) is 9.78 Å². The number of hydrogen-bond donors (Lipinski definition) is 1. The summed E-state index contributed by atoms with van der Waals surface area (Å²) in [5.74, 6) is -0.410. The molecule has 16 heavy (non-hydrogen) atoms. The Balaban J connectivity index is 0.00000112. The Morgan fingerprint density at radius 2 is 2.19 bits per heavy atom. The van der Waals surface area contributed by atoms with Gasteiger partial charge in [0.15, 0.2) is 0 Å². The fraction of sp³-hybridized carbons (Fsp3) is 0.400. The molecule has 0 amide bonds. The number of pyridine rings is 1. The summed E-state index contributed by atoms with van der Waals surface area (Å²) in [4.78, 5) is 15.4. The van der Waals surface area contributed by atoms with Gasteiger partial charge < -0.3 is 10.5 Å². The smallest absolute Gasteiger partial charge is 0.356 e. The Bertz CT molecular complexity index is 385. The van der Waals surface area contributed by atoms with Crippen LogP contribution in [0, 0.1) is 0 Å². The number of methoxy groups -OCH3 is 1. The minimum Gasteiger partial charge on any atom is -0.464 e. The van der Waals surface area contributed by atoms with Crippen molar-refractivity contribution < 1.29 is 9.53 Å². The Hall–Kier alpha value is -0.840. The van der Waals surface area contributed by atoms with Crippen molar-refractivity contribution in [3.8, 4) is 0 Å². The summed E-state index contributed by atoms with van der Waals surface area (Å²) in [6.07, 6.45) is 1.86. The van der Waals surface area contributed by atoms with E-state index in [1.54, 1.807) is 6.07 Å². The highest BCUT2D eigenvalue weighted by molar-refractivity contribution is 5.87. The summed E-state index contributed by atoms with van der Waals surface area (Å²) >= 11 is 0. The van der Waals surface area contributed by atoms with Crippen LogP contribution in [0.4, 0.5) is 0 Å². The van der Waals surface area contributed by atoms with Crippen molar-refractivity contribution in [1.29, 1.82) is 0 Å². The molecule has 2 rings (SSSR count). The van der Waals surface area contributed by atoms with Gasteiger partial charge in [-0.15, -0.1) is 24.8 Å². The molecule has 2 N–H and O–H groups in total. The molecular weight excluding hydrogens is 251 g/mol. The van der Waals surface area contributed by atoms with Gasteiger partial charge >= 0.3 is 5.97 Å². The number of nitrogens with two attached hydrogens (primary N) is 1. The van der Waals surface area contributed by atoms with E-state index in [0.29, 0.717) is 5.69 Å². The van der Waals surface area contributed by atoms with Gasteiger partial charge in [0.1, 0.15) is 5.69 Å². The van der Waals surface area contributed by atoms with E-state index < -0.39 is 5.97 Å². The molecule has 1 unspecified atom stereocenters. The van der Waals surface area contributed by atoms with E-state index in [9.17, 15) is 4.79 Å². The summed E-state index contributed by atoms with van der Waals surface area (Å²) in [6.45, 7) is 0. The van der Waals surface area contributed by atoms with Crippen molar-refractivity contribution in [1.82, 2.24) is 4.98 Å². The predicted octanol–water partition coefficient (Wildman–Crippen LogP) is 1.66. The van der Waals surface area contributed by atoms with E-state index in [0.717, 1.165) is 24.1 Å². The lowest BCUT2D eigenvalue weighted by molar-refractivity contribution is 0.0593. The van der Waals surface area contributed by atoms with Crippen molar-refractivity contribution in [2.45, 2.75) is 18.9 Å². The third-order valence-corrected chi connectivity index (χ3v) is 2.48. The maximum atomic E-state index is 11.2. The van der Waals surface area contributed by atoms with Gasteiger partial charge in [-0.2, -0.15) is 0 Å². The van der Waals surface area contributed by atoms with Gasteiger partial charge in [-0.1, -0.05) is 6.07 Å². The third kappa shape index (κ3) is 2.64. The fourth-order valence-corrected chi connectivity index (χ4v) is 1.70. The molecule has 1 aromatic heterocycles. The van der Waals surface area contributed by atoms with Crippen LogP contribution < -0.4 is 5.73 Å². The van der Waals surface area contributed by atoms with Crippen molar-refractivity contribution >= 4 is 30.8 Å². The molecule has 0 spiro atoms. The van der Waals surface area contributed by atoms with Crippen LogP contribution in [0.5, 0.6) is 0 Å². The van der Waals surface area contributed by atoms with Crippen LogP contribution in [0.1, 0.15) is 34.2 Å². The van der Waals surface area contributed by atoms with E-state index in [4.69, 9.17) is 5.73 Å². The Labute approximate surface area is 106 Å². The van der Waals surface area contributed by atoms with Gasteiger partial charge in [0.25, 0.3) is 0 Å². The summed E-state index contributed by atoms with van der Waals surface area (Å²) in [5, 5.41) is 0. The van der Waals surface area contributed by atoms with Crippen LogP contribution in [-0.4, -0.2) is 18.1 Å². The highest BCUT2D eigenvalue weighted by Crippen LogP contribution is 2.27. The molecule has 1 atom stereocenters. The summed E-state index contributed by atoms with van der Waals surface area (Å²) in [7, 11) is 1.34. The number of nitrogens with zero attached hydrogens (tertiary/aromatic N) is 1. The number of carbonyl (C=O) groups is 1. The zero-order chi connectivity index (χ0) is 10.1. The van der Waals surface area contributed by atoms with E-state index in [1.165, 1.54) is 7.11 Å². The molecule has 0 aliphatic heterocycles. The summed E-state index contributed by atoms with van der Waals surface area (Å²) in [6, 6.07) is 3.55. The molecule has 0 aromatic carbocycles. The number of hydrogen-bond acceptors (Lipinski definition) is 4. The lowest BCUT2D eigenvalue weighted by Crippen LogP contribution is -2.11. The van der Waals surface area contributed by atoms with Gasteiger partial charge in [0.2, 0.25) is 0 Å². The first-order valence-corrected chi connectivity index (χ1v) is 4.56. The monoisotopic (exact) mass is 264 g/mol. The molecule has 4 nitrogen and oxygen atoms in total. The quantitative estimate of drug-likeness (QED) is 0.784. The maximum absolute atomic E-state index is 11.2. The summed E-state index contributed by atoms with van der Waals surface area (Å²) < 4.78 is 4.59. The average Bonchev–Trinajstić information content (AvgIpc) is 2.59. The van der Waals surface area contributed by atoms with Crippen molar-refractivity contribution in [2.75, 3.05) is 7.11 Å². The van der Waals surface area contributed by atoms with E-state index >= 15 is 0 Å². The van der Waals surface area contributed by atoms with Gasteiger partial charge in [0.05, 0.1) is 12.8 Å². The SMILES string of the molecule is COC(=O)c1ccc2c(n1)C(N)CC2.Cl.Cl. The van der Waals surface area contributed by atoms with Crippen molar-refractivity contribution in [3.63, 3.8) is 0 Å². The van der Waals surface area contributed by atoms with Crippen LogP contribution in [0.3, 0.4) is 0 Å². The van der Waals surface area contributed by atoms with Crippen molar-refractivity contribution in [2.24, 2.45) is 5.73 Å². The second-order valence-corrected chi connectivity index (χ2v) is 3.38. The molecule has 1 heterocycles. The normalized spacial score (nSPS) is 16.8. The van der Waals surface area contributed by atoms with Crippen molar-refractivity contribution in [3.05, 3.63) is 29.1 Å². The van der Waals surface area contributed by atoms with Crippen LogP contribution >= 0.6 is 24.8 Å². The average molecular weight is 265 g/mol. The minimum atomic E-state index is -0.410. The van der Waals surface area contributed by atoms with Crippen LogP contribution in [-0.2, 0) is 11.2 Å². The lowest BCUT2D eigenvalue weighted by Gasteiger charge is -2.05. The number of carbonyl (C=O) groups excluding carboxylic acids is 1. The summed E-state index contributed by atoms with van der Waals surface area (Å²) in [5.41, 5.74) is 8.16. The molecule has 90 valence electrons. The second-order valence-electron chi connectivity index (χ2n) is 3.38. The van der Waals surface area contributed by atoms with Gasteiger partial charge in [0, 0.05) is 6.04 Å². The molecule has 1 aliphatic carbocycles. The van der Waals surface area contributed by atoms with Gasteiger partial charge in [-0.3, -0.25) is 0 Å². The molecule has 0 saturated carbocycles. The molecular formula is C10H14Cl2N2O2. The number of halogens is 2. The Morgan fingerprint density at radius 1 is 1.50 bits per heavy atom. The minimum absolute atomic E-state index is 0. The van der Waals surface area contributed by atoms with E-state index in [-0.39, 0.29) is 30.9 Å². The van der Waals surface area contributed by atoms with Crippen LogP contribution in [0.2, 0.25) is 0 Å². The largest absolute Gasteiger partial charge is 0.464 e. The fourth-order valence-electron chi connectivity index (χ4n) is 1.70. The number of esters is 1. The number of fused-ring (bicyclic) bond motifs is 1. The Morgan fingerprint density at radius 3 is 2.81 bits per heavy atom. The second kappa shape index (κ2) is 6.03. The molecule has 6 heteroatoms. The number of ether oxygens (including phenoxy) is 1. The van der Waals surface area contributed by atoms with Gasteiger partial charge in [-0.05, 0) is 24.5 Å².